The number of hydrogen-bond acceptors (Lipinski definition) is 4. The van der Waals surface area contributed by atoms with Gasteiger partial charge in [-0.15, -0.1) is 0 Å². The average molecular weight is 303 g/mol. The van der Waals surface area contributed by atoms with E-state index in [4.69, 9.17) is 4.74 Å². The van der Waals surface area contributed by atoms with E-state index in [0.717, 1.165) is 18.4 Å². The summed E-state index contributed by atoms with van der Waals surface area (Å²) in [5.41, 5.74) is 0.970. The van der Waals surface area contributed by atoms with Crippen LogP contribution in [0.4, 0.5) is 4.79 Å². The molecule has 0 radical (unpaired) electrons. The van der Waals surface area contributed by atoms with Crippen molar-refractivity contribution >= 4 is 12.1 Å². The van der Waals surface area contributed by atoms with Gasteiger partial charge < -0.3 is 14.4 Å². The summed E-state index contributed by atoms with van der Waals surface area (Å²) in [7, 11) is 1.34. The molecule has 0 aromatic heterocycles. The summed E-state index contributed by atoms with van der Waals surface area (Å²) < 4.78 is 9.91. The number of carbonyl (C=O) groups excluding carboxylic acids is 2. The van der Waals surface area contributed by atoms with E-state index in [1.165, 1.54) is 13.2 Å². The Hall–Kier alpha value is -2.30. The molecule has 22 heavy (non-hydrogen) atoms. The fraction of sp³-hybridized carbons (Fsp3) is 0.412. The predicted molar refractivity (Wildman–Crippen MR) is 82.1 cm³/mol. The van der Waals surface area contributed by atoms with Gasteiger partial charge >= 0.3 is 12.1 Å². The third kappa shape index (κ3) is 4.62. The highest BCUT2D eigenvalue weighted by atomic mass is 16.6. The van der Waals surface area contributed by atoms with Crippen molar-refractivity contribution in [3.8, 4) is 0 Å². The largest absolute Gasteiger partial charge is 0.466 e. The summed E-state index contributed by atoms with van der Waals surface area (Å²) >= 11 is 0. The first-order chi connectivity index (χ1) is 10.7. The zero-order valence-corrected chi connectivity index (χ0v) is 12.7. The van der Waals surface area contributed by atoms with E-state index in [9.17, 15) is 9.59 Å². The lowest BCUT2D eigenvalue weighted by Gasteiger charge is -2.23. The minimum Gasteiger partial charge on any atom is -0.466 e. The number of carbonyl (C=O) groups is 2. The van der Waals surface area contributed by atoms with Gasteiger partial charge in [0.2, 0.25) is 0 Å². The van der Waals surface area contributed by atoms with Crippen LogP contribution in [0.15, 0.2) is 42.5 Å². The number of ether oxygens (including phenoxy) is 2. The number of methoxy groups -OCH3 is 1. The molecule has 0 aliphatic carbocycles. The second kappa shape index (κ2) is 8.22. The number of rotatable bonds is 5. The standard InChI is InChI=1S/C17H21NO4/c1-21-16(19)11-5-9-15-10-6-12-18(15)17(20)22-13-14-7-3-2-4-8-14/h2-5,7-8,11,15H,6,9-10,12-13H2,1H3/b11-5+/t15-/m1/s1. The van der Waals surface area contributed by atoms with E-state index in [1.807, 2.05) is 30.3 Å². The molecule has 1 aromatic rings. The Morgan fingerprint density at radius 3 is 2.82 bits per heavy atom. The van der Waals surface area contributed by atoms with Gasteiger partial charge in [0.25, 0.3) is 0 Å². The van der Waals surface area contributed by atoms with E-state index in [2.05, 4.69) is 4.74 Å². The molecule has 0 unspecified atom stereocenters. The monoisotopic (exact) mass is 303 g/mol. The van der Waals surface area contributed by atoms with Gasteiger partial charge in [-0.3, -0.25) is 0 Å². The second-order valence-corrected chi connectivity index (χ2v) is 5.19. The molecule has 2 rings (SSSR count). The van der Waals surface area contributed by atoms with Crippen molar-refractivity contribution in [3.63, 3.8) is 0 Å². The summed E-state index contributed by atoms with van der Waals surface area (Å²) in [6.45, 7) is 0.977. The molecule has 1 aliphatic rings. The molecule has 0 bridgehead atoms. The SMILES string of the molecule is COC(=O)/C=C/C[C@@H]1CCCN1C(=O)OCc1ccccc1. The van der Waals surface area contributed by atoms with Crippen molar-refractivity contribution in [1.29, 1.82) is 0 Å². The first-order valence-electron chi connectivity index (χ1n) is 7.42. The Morgan fingerprint density at radius 2 is 2.09 bits per heavy atom. The van der Waals surface area contributed by atoms with E-state index < -0.39 is 0 Å². The molecule has 1 aromatic carbocycles. The van der Waals surface area contributed by atoms with Crippen molar-refractivity contribution in [3.05, 3.63) is 48.0 Å². The predicted octanol–water partition coefficient (Wildman–Crippen LogP) is 2.91. The zero-order chi connectivity index (χ0) is 15.8. The van der Waals surface area contributed by atoms with Crippen molar-refractivity contribution in [1.82, 2.24) is 4.90 Å². The third-order valence-electron chi connectivity index (χ3n) is 3.68. The summed E-state index contributed by atoms with van der Waals surface area (Å²) in [4.78, 5) is 25.0. The van der Waals surface area contributed by atoms with Crippen LogP contribution in [0.5, 0.6) is 0 Å². The van der Waals surface area contributed by atoms with E-state index in [-0.39, 0.29) is 24.7 Å². The fourth-order valence-corrected chi connectivity index (χ4v) is 2.51. The summed E-state index contributed by atoms with van der Waals surface area (Å²) in [6.07, 6.45) is 5.36. The first kappa shape index (κ1) is 16.1. The quantitative estimate of drug-likeness (QED) is 0.620. The van der Waals surface area contributed by atoms with Crippen LogP contribution >= 0.6 is 0 Å². The minimum atomic E-state index is -0.379. The molecule has 5 nitrogen and oxygen atoms in total. The molecule has 1 heterocycles. The van der Waals surface area contributed by atoms with Crippen LogP contribution in [-0.4, -0.2) is 36.7 Å². The number of amides is 1. The second-order valence-electron chi connectivity index (χ2n) is 5.19. The molecule has 1 saturated heterocycles. The van der Waals surface area contributed by atoms with Crippen molar-refractivity contribution < 1.29 is 19.1 Å². The molecular weight excluding hydrogens is 282 g/mol. The van der Waals surface area contributed by atoms with Gasteiger partial charge in [0.05, 0.1) is 7.11 Å². The van der Waals surface area contributed by atoms with Gasteiger partial charge in [-0.05, 0) is 24.8 Å². The molecule has 0 spiro atoms. The van der Waals surface area contributed by atoms with Gasteiger partial charge in [-0.25, -0.2) is 9.59 Å². The van der Waals surface area contributed by atoms with E-state index in [0.29, 0.717) is 13.0 Å². The third-order valence-corrected chi connectivity index (χ3v) is 3.68. The number of esters is 1. The molecule has 1 atom stereocenters. The molecule has 1 amide bonds. The van der Waals surface area contributed by atoms with E-state index in [1.54, 1.807) is 11.0 Å². The molecular formula is C17H21NO4. The Morgan fingerprint density at radius 1 is 1.32 bits per heavy atom. The van der Waals surface area contributed by atoms with Gasteiger partial charge in [-0.1, -0.05) is 36.4 Å². The van der Waals surface area contributed by atoms with Gasteiger partial charge in [0.15, 0.2) is 0 Å². The number of nitrogens with zero attached hydrogens (tertiary/aromatic N) is 1. The van der Waals surface area contributed by atoms with E-state index >= 15 is 0 Å². The first-order valence-corrected chi connectivity index (χ1v) is 7.42. The smallest absolute Gasteiger partial charge is 0.410 e. The highest BCUT2D eigenvalue weighted by Gasteiger charge is 2.28. The Kier molecular flexibility index (Phi) is 6.01. The lowest BCUT2D eigenvalue weighted by atomic mass is 10.1. The average Bonchev–Trinajstić information content (AvgIpc) is 3.02. The van der Waals surface area contributed by atoms with Crippen LogP contribution in [0.2, 0.25) is 0 Å². The maximum Gasteiger partial charge on any atom is 0.410 e. The van der Waals surface area contributed by atoms with Crippen LogP contribution < -0.4 is 0 Å². The van der Waals surface area contributed by atoms with Crippen molar-refractivity contribution in [2.24, 2.45) is 0 Å². The maximum atomic E-state index is 12.2. The summed E-state index contributed by atoms with van der Waals surface area (Å²) in [5.74, 6) is -0.379. The van der Waals surface area contributed by atoms with Crippen molar-refractivity contribution in [2.75, 3.05) is 13.7 Å². The molecule has 5 heteroatoms. The summed E-state index contributed by atoms with van der Waals surface area (Å²) in [6, 6.07) is 9.69. The molecule has 0 saturated carbocycles. The number of hydrogen-bond donors (Lipinski definition) is 0. The Balaban J connectivity index is 1.83. The molecule has 1 fully saturated rings. The molecule has 1 aliphatic heterocycles. The summed E-state index contributed by atoms with van der Waals surface area (Å²) in [5, 5.41) is 0. The van der Waals surface area contributed by atoms with Gasteiger partial charge in [-0.2, -0.15) is 0 Å². The minimum absolute atomic E-state index is 0.0872. The highest BCUT2D eigenvalue weighted by Crippen LogP contribution is 2.21. The topological polar surface area (TPSA) is 55.8 Å². The Bertz CT molecular complexity index is 527. The van der Waals surface area contributed by atoms with Crippen LogP contribution in [-0.2, 0) is 20.9 Å². The maximum absolute atomic E-state index is 12.2. The highest BCUT2D eigenvalue weighted by molar-refractivity contribution is 5.81. The molecule has 0 N–H and O–H groups in total. The number of benzene rings is 1. The van der Waals surface area contributed by atoms with Crippen LogP contribution in [0.1, 0.15) is 24.8 Å². The van der Waals surface area contributed by atoms with Crippen LogP contribution in [0.3, 0.4) is 0 Å². The lowest BCUT2D eigenvalue weighted by Crippen LogP contribution is -2.35. The Labute approximate surface area is 130 Å². The van der Waals surface area contributed by atoms with Gasteiger partial charge in [0, 0.05) is 18.7 Å². The normalized spacial score (nSPS) is 17.7. The fourth-order valence-electron chi connectivity index (χ4n) is 2.51. The van der Waals surface area contributed by atoms with Crippen molar-refractivity contribution in [2.45, 2.75) is 31.9 Å². The zero-order valence-electron chi connectivity index (χ0n) is 12.7. The van der Waals surface area contributed by atoms with Gasteiger partial charge in [0.1, 0.15) is 6.61 Å². The van der Waals surface area contributed by atoms with Crippen LogP contribution in [0, 0.1) is 0 Å². The molecule has 118 valence electrons. The lowest BCUT2D eigenvalue weighted by molar-refractivity contribution is -0.134. The number of likely N-dealkylation sites (tertiary alicyclic amines) is 1. The van der Waals surface area contributed by atoms with Crippen LogP contribution in [0.25, 0.3) is 0 Å².